The number of carboxylic acids is 1. The van der Waals surface area contributed by atoms with E-state index in [1.165, 1.54) is 6.92 Å². The number of carbonyl (C=O) groups is 2. The van der Waals surface area contributed by atoms with Gasteiger partial charge in [0.1, 0.15) is 5.38 Å². The second-order valence-corrected chi connectivity index (χ2v) is 4.45. The van der Waals surface area contributed by atoms with E-state index in [1.807, 2.05) is 12.1 Å². The van der Waals surface area contributed by atoms with Gasteiger partial charge in [-0.15, -0.1) is 11.6 Å². The van der Waals surface area contributed by atoms with E-state index in [0.29, 0.717) is 0 Å². The van der Waals surface area contributed by atoms with Crippen LogP contribution in [-0.2, 0) is 16.0 Å². The molecule has 0 spiro atoms. The summed E-state index contributed by atoms with van der Waals surface area (Å²) < 4.78 is 0. The van der Waals surface area contributed by atoms with Crippen molar-refractivity contribution in [1.82, 2.24) is 0 Å². The van der Waals surface area contributed by atoms with Gasteiger partial charge in [-0.1, -0.05) is 24.3 Å². The molecule has 0 amide bonds. The van der Waals surface area contributed by atoms with E-state index in [4.69, 9.17) is 16.7 Å². The number of rotatable bonds is 6. The van der Waals surface area contributed by atoms with Gasteiger partial charge in [-0.05, 0) is 24.5 Å². The van der Waals surface area contributed by atoms with Crippen molar-refractivity contribution in [2.75, 3.05) is 6.54 Å². The highest BCUT2D eigenvalue weighted by atomic mass is 35.5. The average Bonchev–Trinajstić information content (AvgIpc) is 2.30. The first-order valence-electron chi connectivity index (χ1n) is 5.44. The zero-order valence-electron chi connectivity index (χ0n) is 9.97. The number of alkyl halides is 1. The Labute approximate surface area is 110 Å². The monoisotopic (exact) mass is 267 g/mol. The van der Waals surface area contributed by atoms with Crippen molar-refractivity contribution in [3.8, 4) is 0 Å². The summed E-state index contributed by atoms with van der Waals surface area (Å²) in [6.07, 6.45) is 1.89. The van der Waals surface area contributed by atoms with Gasteiger partial charge in [-0.25, -0.2) is 0 Å². The van der Waals surface area contributed by atoms with Crippen LogP contribution in [0.5, 0.6) is 0 Å². The van der Waals surface area contributed by atoms with Crippen molar-refractivity contribution in [3.63, 3.8) is 0 Å². The molecule has 0 heterocycles. The van der Waals surface area contributed by atoms with Crippen LogP contribution in [0.2, 0.25) is 0 Å². The van der Waals surface area contributed by atoms with Gasteiger partial charge in [0.05, 0.1) is 6.54 Å². The molecule has 5 heteroatoms. The van der Waals surface area contributed by atoms with Crippen molar-refractivity contribution in [2.45, 2.75) is 18.7 Å². The third kappa shape index (κ3) is 5.10. The minimum absolute atomic E-state index is 0.00862. The molecule has 0 saturated heterocycles. The van der Waals surface area contributed by atoms with E-state index in [2.05, 4.69) is 4.99 Å². The van der Waals surface area contributed by atoms with Crippen LogP contribution in [0.4, 0.5) is 0 Å². The Morgan fingerprint density at radius 1 is 1.39 bits per heavy atom. The van der Waals surface area contributed by atoms with E-state index >= 15 is 0 Å². The molecule has 1 aromatic carbocycles. The highest BCUT2D eigenvalue weighted by molar-refractivity contribution is 6.29. The normalized spacial score (nSPS) is 12.6. The molecule has 1 aromatic rings. The van der Waals surface area contributed by atoms with Crippen LogP contribution in [0.25, 0.3) is 0 Å². The first-order chi connectivity index (χ1) is 8.49. The zero-order chi connectivity index (χ0) is 13.5. The average molecular weight is 268 g/mol. The minimum atomic E-state index is -1.02. The molecular formula is C13H14ClNO3. The van der Waals surface area contributed by atoms with E-state index in [0.717, 1.165) is 11.1 Å². The molecule has 96 valence electrons. The third-order valence-electron chi connectivity index (χ3n) is 2.22. The van der Waals surface area contributed by atoms with Gasteiger partial charge in [0.25, 0.3) is 0 Å². The molecule has 0 aliphatic heterocycles. The third-order valence-corrected chi connectivity index (χ3v) is 2.56. The zero-order valence-corrected chi connectivity index (χ0v) is 10.7. The first-order valence-corrected chi connectivity index (χ1v) is 5.88. The van der Waals surface area contributed by atoms with Gasteiger partial charge in [0.15, 0.2) is 5.78 Å². The number of halogens is 1. The molecular weight excluding hydrogens is 254 g/mol. The lowest BCUT2D eigenvalue weighted by molar-refractivity contribution is -0.136. The number of carbonyl (C=O) groups excluding carboxylic acids is 1. The molecule has 0 radical (unpaired) electrons. The van der Waals surface area contributed by atoms with E-state index in [9.17, 15) is 9.59 Å². The summed E-state index contributed by atoms with van der Waals surface area (Å²) in [5, 5.41) is 7.77. The van der Waals surface area contributed by atoms with Crippen LogP contribution in [0.15, 0.2) is 29.3 Å². The molecule has 4 nitrogen and oxygen atoms in total. The number of aliphatic imine (C=N–C) groups is 1. The second kappa shape index (κ2) is 6.91. The quantitative estimate of drug-likeness (QED) is 0.633. The Balaban J connectivity index is 2.60. The summed E-state index contributed by atoms with van der Waals surface area (Å²) >= 11 is 5.65. The van der Waals surface area contributed by atoms with Gasteiger partial charge in [-0.3, -0.25) is 14.6 Å². The lowest BCUT2D eigenvalue weighted by atomic mass is 10.1. The number of ketones is 1. The minimum Gasteiger partial charge on any atom is -0.480 e. The maximum absolute atomic E-state index is 10.7. The maximum Gasteiger partial charge on any atom is 0.321 e. The predicted molar refractivity (Wildman–Crippen MR) is 70.6 cm³/mol. The number of aliphatic carboxylic acids is 1. The van der Waals surface area contributed by atoms with Gasteiger partial charge in [0, 0.05) is 6.21 Å². The van der Waals surface area contributed by atoms with Gasteiger partial charge in [0.2, 0.25) is 0 Å². The Bertz CT molecular complexity index is 454. The number of carboxylic acid groups (broad SMARTS) is 1. The second-order valence-electron chi connectivity index (χ2n) is 3.92. The van der Waals surface area contributed by atoms with Crippen LogP contribution >= 0.6 is 11.6 Å². The smallest absolute Gasteiger partial charge is 0.321 e. The van der Waals surface area contributed by atoms with E-state index in [1.54, 1.807) is 18.3 Å². The molecule has 18 heavy (non-hydrogen) atoms. The molecule has 1 atom stereocenters. The van der Waals surface area contributed by atoms with Crippen molar-refractivity contribution < 1.29 is 14.7 Å². The highest BCUT2D eigenvalue weighted by Gasteiger charge is 2.13. The molecule has 1 rings (SSSR count). The molecule has 0 aliphatic rings. The largest absolute Gasteiger partial charge is 0.480 e. The number of Topliss-reactive ketones (excluding diaryl/α,β-unsaturated/α-hetero) is 1. The number of hydrogen-bond donors (Lipinski definition) is 1. The predicted octanol–water partition coefficient (Wildman–Crippen LogP) is 1.93. The molecule has 1 unspecified atom stereocenters. The summed E-state index contributed by atoms with van der Waals surface area (Å²) in [6, 6.07) is 7.22. The van der Waals surface area contributed by atoms with Crippen molar-refractivity contribution in [1.29, 1.82) is 0 Å². The molecule has 0 aliphatic carbocycles. The molecule has 0 saturated carbocycles. The lowest BCUT2D eigenvalue weighted by Crippen LogP contribution is -2.15. The molecule has 0 aromatic heterocycles. The molecule has 0 fully saturated rings. The van der Waals surface area contributed by atoms with Crippen LogP contribution in [0.3, 0.4) is 0 Å². The SMILES string of the molecule is CC(=O)CN=Cc1ccc(CC(Cl)C(=O)O)cc1. The standard InChI is InChI=1S/C13H14ClNO3/c1-9(16)7-15-8-11-4-2-10(3-5-11)6-12(14)13(17)18/h2-5,8,12H,6-7H2,1H3,(H,17,18). The highest BCUT2D eigenvalue weighted by Crippen LogP contribution is 2.09. The first kappa shape index (κ1) is 14.4. The summed E-state index contributed by atoms with van der Waals surface area (Å²) in [5.74, 6) is -1.02. The summed E-state index contributed by atoms with van der Waals surface area (Å²) in [5.41, 5.74) is 1.71. The molecule has 1 N–H and O–H groups in total. The Hall–Kier alpha value is -1.68. The van der Waals surface area contributed by atoms with Gasteiger partial charge < -0.3 is 5.11 Å². The van der Waals surface area contributed by atoms with Crippen molar-refractivity contribution in [3.05, 3.63) is 35.4 Å². The van der Waals surface area contributed by atoms with E-state index < -0.39 is 11.3 Å². The summed E-state index contributed by atoms with van der Waals surface area (Å²) in [4.78, 5) is 25.2. The number of nitrogens with zero attached hydrogens (tertiary/aromatic N) is 1. The van der Waals surface area contributed by atoms with Crippen molar-refractivity contribution >= 4 is 29.6 Å². The fourth-order valence-corrected chi connectivity index (χ4v) is 1.49. The van der Waals surface area contributed by atoms with Crippen LogP contribution in [0.1, 0.15) is 18.1 Å². The number of benzene rings is 1. The van der Waals surface area contributed by atoms with Gasteiger partial charge >= 0.3 is 5.97 Å². The van der Waals surface area contributed by atoms with Crippen LogP contribution < -0.4 is 0 Å². The van der Waals surface area contributed by atoms with Gasteiger partial charge in [-0.2, -0.15) is 0 Å². The Kier molecular flexibility index (Phi) is 5.52. The number of hydrogen-bond acceptors (Lipinski definition) is 3. The van der Waals surface area contributed by atoms with E-state index in [-0.39, 0.29) is 18.7 Å². The fraction of sp³-hybridized carbons (Fsp3) is 0.308. The Morgan fingerprint density at radius 3 is 2.50 bits per heavy atom. The fourth-order valence-electron chi connectivity index (χ4n) is 1.31. The molecule has 0 bridgehead atoms. The lowest BCUT2D eigenvalue weighted by Gasteiger charge is -2.04. The summed E-state index contributed by atoms with van der Waals surface area (Å²) in [7, 11) is 0. The van der Waals surface area contributed by atoms with Crippen LogP contribution in [0, 0.1) is 0 Å². The van der Waals surface area contributed by atoms with Crippen LogP contribution in [-0.4, -0.2) is 35.0 Å². The maximum atomic E-state index is 10.7. The summed E-state index contributed by atoms with van der Waals surface area (Å²) in [6.45, 7) is 1.65. The Morgan fingerprint density at radius 2 is 2.00 bits per heavy atom. The van der Waals surface area contributed by atoms with Crippen molar-refractivity contribution in [2.24, 2.45) is 4.99 Å². The topological polar surface area (TPSA) is 66.7 Å².